The Morgan fingerprint density at radius 1 is 1.10 bits per heavy atom. The Kier molecular flexibility index (Phi) is 6.77. The van der Waals surface area contributed by atoms with Gasteiger partial charge in [0.1, 0.15) is 0 Å². The normalized spacial score (nSPS) is 18.4. The number of likely N-dealkylation sites (N-methyl/N-ethyl adjacent to an activating group) is 1. The molecule has 0 spiro atoms. The molecule has 0 aromatic heterocycles. The van der Waals surface area contributed by atoms with Gasteiger partial charge in [0.25, 0.3) is 0 Å². The van der Waals surface area contributed by atoms with Crippen LogP contribution in [-0.2, 0) is 30.0 Å². The van der Waals surface area contributed by atoms with E-state index in [4.69, 9.17) is 4.74 Å². The van der Waals surface area contributed by atoms with E-state index in [9.17, 15) is 14.4 Å². The molecular formula is C25H36N2O4. The van der Waals surface area contributed by atoms with Crippen LogP contribution in [0, 0.1) is 5.92 Å². The highest BCUT2D eigenvalue weighted by atomic mass is 16.5. The summed E-state index contributed by atoms with van der Waals surface area (Å²) in [5.41, 5.74) is 1.88. The predicted octanol–water partition coefficient (Wildman–Crippen LogP) is 3.28. The van der Waals surface area contributed by atoms with Crippen molar-refractivity contribution in [3.63, 3.8) is 0 Å². The smallest absolute Gasteiger partial charge is 0.309 e. The molecular weight excluding hydrogens is 392 g/mol. The molecule has 1 aromatic rings. The van der Waals surface area contributed by atoms with Crippen molar-refractivity contribution in [3.8, 4) is 0 Å². The summed E-state index contributed by atoms with van der Waals surface area (Å²) >= 11 is 0. The number of ether oxygens (including phenoxy) is 1. The van der Waals surface area contributed by atoms with E-state index in [1.54, 1.807) is 23.8 Å². The zero-order valence-electron chi connectivity index (χ0n) is 19.6. The lowest BCUT2D eigenvalue weighted by Gasteiger charge is -2.32. The van der Waals surface area contributed by atoms with Crippen molar-refractivity contribution >= 4 is 17.8 Å². The van der Waals surface area contributed by atoms with Gasteiger partial charge in [-0.25, -0.2) is 0 Å². The highest BCUT2D eigenvalue weighted by Crippen LogP contribution is 2.49. The van der Waals surface area contributed by atoms with Crippen molar-refractivity contribution in [2.75, 3.05) is 33.3 Å². The van der Waals surface area contributed by atoms with Crippen molar-refractivity contribution in [2.45, 2.75) is 64.2 Å². The first-order chi connectivity index (χ1) is 14.6. The predicted molar refractivity (Wildman–Crippen MR) is 120 cm³/mol. The second-order valence-corrected chi connectivity index (χ2v) is 9.98. The number of hydrogen-bond donors (Lipinski definition) is 0. The number of piperidine rings is 1. The number of amides is 2. The fraction of sp³-hybridized carbons (Fsp3) is 0.640. The molecule has 1 saturated heterocycles. The molecule has 6 nitrogen and oxygen atoms in total. The molecule has 170 valence electrons. The standard InChI is InChI=1S/C25H36N2O4/c1-6-31-22(29)18-11-15-27(16-12-18)21(28)17-26(5)23(30)25(13-14-25)20-9-7-19(8-10-20)24(2,3)4/h7-10,18H,6,11-17H2,1-5H3. The number of benzene rings is 1. The molecule has 0 N–H and O–H groups in total. The SMILES string of the molecule is CCOC(=O)C1CCN(C(=O)CN(C)C(=O)C2(c3ccc(C(C)(C)C)cc3)CC2)CC1. The molecule has 2 fully saturated rings. The number of esters is 1. The first kappa shape index (κ1) is 23.3. The Labute approximate surface area is 185 Å². The van der Waals surface area contributed by atoms with Crippen molar-refractivity contribution in [2.24, 2.45) is 5.92 Å². The van der Waals surface area contributed by atoms with Gasteiger partial charge in [0.2, 0.25) is 11.8 Å². The highest BCUT2D eigenvalue weighted by Gasteiger charge is 2.52. The molecule has 1 aliphatic carbocycles. The topological polar surface area (TPSA) is 66.9 Å². The lowest BCUT2D eigenvalue weighted by molar-refractivity contribution is -0.151. The first-order valence-electron chi connectivity index (χ1n) is 11.4. The number of nitrogens with zero attached hydrogens (tertiary/aromatic N) is 2. The van der Waals surface area contributed by atoms with Gasteiger partial charge in [-0.05, 0) is 49.1 Å². The average Bonchev–Trinajstić information content (AvgIpc) is 3.55. The minimum atomic E-state index is -0.484. The number of rotatable bonds is 6. The van der Waals surface area contributed by atoms with E-state index in [-0.39, 0.29) is 35.7 Å². The molecule has 0 bridgehead atoms. The lowest BCUT2D eigenvalue weighted by Crippen LogP contribution is -2.47. The van der Waals surface area contributed by atoms with Gasteiger partial charge in [-0.15, -0.1) is 0 Å². The van der Waals surface area contributed by atoms with Crippen LogP contribution in [0.3, 0.4) is 0 Å². The molecule has 6 heteroatoms. The average molecular weight is 429 g/mol. The summed E-state index contributed by atoms with van der Waals surface area (Å²) in [5.74, 6) is -0.341. The molecule has 0 radical (unpaired) electrons. The van der Waals surface area contributed by atoms with Crippen LogP contribution in [-0.4, -0.2) is 60.9 Å². The maximum absolute atomic E-state index is 13.2. The molecule has 1 heterocycles. The Balaban J connectivity index is 1.57. The van der Waals surface area contributed by atoms with Crippen LogP contribution < -0.4 is 0 Å². The Hall–Kier alpha value is -2.37. The van der Waals surface area contributed by atoms with E-state index in [0.717, 1.165) is 18.4 Å². The third-order valence-electron chi connectivity index (χ3n) is 6.65. The van der Waals surface area contributed by atoms with Crippen LogP contribution in [0.25, 0.3) is 0 Å². The van der Waals surface area contributed by atoms with Gasteiger partial charge in [0.05, 0.1) is 24.5 Å². The fourth-order valence-electron chi connectivity index (χ4n) is 4.41. The summed E-state index contributed by atoms with van der Waals surface area (Å²) < 4.78 is 5.09. The molecule has 0 atom stereocenters. The van der Waals surface area contributed by atoms with E-state index in [0.29, 0.717) is 32.5 Å². The summed E-state index contributed by atoms with van der Waals surface area (Å²) in [6.45, 7) is 9.84. The van der Waals surface area contributed by atoms with Gasteiger partial charge < -0.3 is 14.5 Å². The van der Waals surface area contributed by atoms with Crippen molar-refractivity contribution < 1.29 is 19.1 Å². The minimum absolute atomic E-state index is 0.0192. The molecule has 0 unspecified atom stereocenters. The van der Waals surface area contributed by atoms with Crippen LogP contribution in [0.15, 0.2) is 24.3 Å². The monoisotopic (exact) mass is 428 g/mol. The summed E-state index contributed by atoms with van der Waals surface area (Å²) in [4.78, 5) is 41.2. The summed E-state index contributed by atoms with van der Waals surface area (Å²) in [6, 6.07) is 8.37. The number of hydrogen-bond acceptors (Lipinski definition) is 4. The maximum atomic E-state index is 13.2. The van der Waals surface area contributed by atoms with Crippen LogP contribution in [0.5, 0.6) is 0 Å². The molecule has 1 aromatic carbocycles. The van der Waals surface area contributed by atoms with E-state index in [1.165, 1.54) is 5.56 Å². The summed E-state index contributed by atoms with van der Waals surface area (Å²) in [5, 5.41) is 0. The second kappa shape index (κ2) is 9.01. The van der Waals surface area contributed by atoms with Crippen LogP contribution >= 0.6 is 0 Å². The molecule has 2 aliphatic rings. The molecule has 3 rings (SSSR count). The van der Waals surface area contributed by atoms with Crippen LogP contribution in [0.2, 0.25) is 0 Å². The number of carbonyl (C=O) groups is 3. The zero-order valence-corrected chi connectivity index (χ0v) is 19.6. The maximum Gasteiger partial charge on any atom is 0.309 e. The Bertz CT molecular complexity index is 813. The third-order valence-corrected chi connectivity index (χ3v) is 6.65. The lowest BCUT2D eigenvalue weighted by atomic mass is 9.84. The van der Waals surface area contributed by atoms with Gasteiger partial charge >= 0.3 is 5.97 Å². The second-order valence-electron chi connectivity index (χ2n) is 9.98. The Morgan fingerprint density at radius 3 is 2.16 bits per heavy atom. The molecule has 31 heavy (non-hydrogen) atoms. The van der Waals surface area contributed by atoms with Gasteiger partial charge in [0, 0.05) is 20.1 Å². The van der Waals surface area contributed by atoms with Crippen molar-refractivity contribution in [1.82, 2.24) is 9.80 Å². The van der Waals surface area contributed by atoms with Gasteiger partial charge in [-0.1, -0.05) is 45.0 Å². The van der Waals surface area contributed by atoms with Crippen molar-refractivity contribution in [1.29, 1.82) is 0 Å². The summed E-state index contributed by atoms with van der Waals surface area (Å²) in [7, 11) is 1.72. The van der Waals surface area contributed by atoms with E-state index in [2.05, 4.69) is 45.0 Å². The molecule has 2 amide bonds. The quantitative estimate of drug-likeness (QED) is 0.652. The van der Waals surface area contributed by atoms with E-state index in [1.807, 2.05) is 0 Å². The third kappa shape index (κ3) is 5.10. The number of likely N-dealkylation sites (tertiary alicyclic amines) is 1. The fourth-order valence-corrected chi connectivity index (χ4v) is 4.41. The van der Waals surface area contributed by atoms with Gasteiger partial charge in [0.15, 0.2) is 0 Å². The van der Waals surface area contributed by atoms with Crippen LogP contribution in [0.4, 0.5) is 0 Å². The molecule has 1 aliphatic heterocycles. The number of carbonyl (C=O) groups excluding carboxylic acids is 3. The minimum Gasteiger partial charge on any atom is -0.466 e. The van der Waals surface area contributed by atoms with Crippen molar-refractivity contribution in [3.05, 3.63) is 35.4 Å². The summed E-state index contributed by atoms with van der Waals surface area (Å²) in [6.07, 6.45) is 2.88. The van der Waals surface area contributed by atoms with Gasteiger partial charge in [-0.2, -0.15) is 0 Å². The zero-order chi connectivity index (χ0) is 22.8. The van der Waals surface area contributed by atoms with Crippen LogP contribution in [0.1, 0.15) is 64.5 Å². The Morgan fingerprint density at radius 2 is 1.68 bits per heavy atom. The van der Waals surface area contributed by atoms with E-state index < -0.39 is 5.41 Å². The van der Waals surface area contributed by atoms with Gasteiger partial charge in [-0.3, -0.25) is 14.4 Å². The highest BCUT2D eigenvalue weighted by molar-refractivity contribution is 5.94. The van der Waals surface area contributed by atoms with E-state index >= 15 is 0 Å². The largest absolute Gasteiger partial charge is 0.466 e. The molecule has 1 saturated carbocycles. The first-order valence-corrected chi connectivity index (χ1v) is 11.4.